The number of pyridine rings is 1. The Morgan fingerprint density at radius 1 is 1.07 bits per heavy atom. The second kappa shape index (κ2) is 8.15. The molecule has 30 heavy (non-hydrogen) atoms. The number of rotatable bonds is 6. The fraction of sp³-hybridized carbons (Fsp3) is 0.200. The summed E-state index contributed by atoms with van der Waals surface area (Å²) in [5.74, 6) is -10.0. The normalized spacial score (nSPS) is 12.2. The predicted octanol–water partition coefficient (Wildman–Crippen LogP) is 3.10. The third kappa shape index (κ3) is 3.28. The summed E-state index contributed by atoms with van der Waals surface area (Å²) in [6, 6.07) is 7.20. The Morgan fingerprint density at radius 2 is 1.67 bits per heavy atom. The van der Waals surface area contributed by atoms with Crippen LogP contribution in [0.3, 0.4) is 0 Å². The van der Waals surface area contributed by atoms with Gasteiger partial charge in [0.25, 0.3) is 0 Å². The molecule has 0 aliphatic rings. The molecule has 6 nitrogen and oxygen atoms in total. The molecule has 0 unspecified atom stereocenters. The maximum atomic E-state index is 14.7. The molecule has 3 N–H and O–H groups in total. The van der Waals surface area contributed by atoms with E-state index in [4.69, 9.17) is 0 Å². The summed E-state index contributed by atoms with van der Waals surface area (Å²) < 4.78 is 57.6. The molecule has 0 saturated carbocycles. The maximum Gasteiger partial charge on any atom is 0.341 e. The first-order valence-corrected chi connectivity index (χ1v) is 8.83. The molecular formula is C20H16F4N2O4. The highest BCUT2D eigenvalue weighted by atomic mass is 19.2. The van der Waals surface area contributed by atoms with Gasteiger partial charge in [-0.15, -0.1) is 0 Å². The van der Waals surface area contributed by atoms with E-state index in [1.807, 2.05) is 0 Å². The molecule has 10 heteroatoms. The lowest BCUT2D eigenvalue weighted by Gasteiger charge is -2.26. The quantitative estimate of drug-likeness (QED) is 0.321. The predicted molar refractivity (Wildman–Crippen MR) is 100 cm³/mol. The van der Waals surface area contributed by atoms with Crippen molar-refractivity contribution >= 4 is 16.9 Å². The summed E-state index contributed by atoms with van der Waals surface area (Å²) in [5, 5.41) is 18.0. The van der Waals surface area contributed by atoms with Crippen molar-refractivity contribution in [1.82, 2.24) is 4.68 Å². The van der Waals surface area contributed by atoms with Crippen molar-refractivity contribution in [2.24, 2.45) is 0 Å². The standard InChI is InChI=1S/C20H16F4N2O4/c1-2-11-12(20(29)30)19(28)13-14(21)15(22)16(23)17(24)18(13)26(11)25-10(8-27)9-6-4-3-5-7-9/h3-7,10,25,27H,2,8H2,1H3,(H,29,30)/t10-/m0/s1. The van der Waals surface area contributed by atoms with Crippen LogP contribution in [0.25, 0.3) is 10.9 Å². The summed E-state index contributed by atoms with van der Waals surface area (Å²) in [6.07, 6.45) is -0.160. The van der Waals surface area contributed by atoms with Gasteiger partial charge in [0.05, 0.1) is 23.7 Å². The van der Waals surface area contributed by atoms with Crippen LogP contribution in [0.2, 0.25) is 0 Å². The van der Waals surface area contributed by atoms with E-state index in [1.54, 1.807) is 30.3 Å². The van der Waals surface area contributed by atoms with Gasteiger partial charge in [0.1, 0.15) is 11.1 Å². The zero-order valence-electron chi connectivity index (χ0n) is 15.5. The number of aliphatic hydroxyl groups is 1. The van der Waals surface area contributed by atoms with Crippen molar-refractivity contribution in [2.75, 3.05) is 12.0 Å². The molecule has 1 atom stereocenters. The summed E-state index contributed by atoms with van der Waals surface area (Å²) in [4.78, 5) is 24.3. The highest BCUT2D eigenvalue weighted by Crippen LogP contribution is 2.28. The molecule has 3 rings (SSSR count). The van der Waals surface area contributed by atoms with Crippen molar-refractivity contribution in [1.29, 1.82) is 0 Å². The van der Waals surface area contributed by atoms with Crippen LogP contribution in [-0.4, -0.2) is 27.5 Å². The highest BCUT2D eigenvalue weighted by Gasteiger charge is 2.30. The largest absolute Gasteiger partial charge is 0.477 e. The molecule has 0 amide bonds. The van der Waals surface area contributed by atoms with Crippen molar-refractivity contribution in [2.45, 2.75) is 19.4 Å². The number of aromatic nitrogens is 1. The third-order valence-corrected chi connectivity index (χ3v) is 4.70. The fourth-order valence-electron chi connectivity index (χ4n) is 3.30. The summed E-state index contributed by atoms with van der Waals surface area (Å²) in [5.41, 5.74) is -0.613. The van der Waals surface area contributed by atoms with E-state index in [-0.39, 0.29) is 12.1 Å². The molecule has 0 aliphatic heterocycles. The summed E-state index contributed by atoms with van der Waals surface area (Å²) in [6.45, 7) is 0.868. The Morgan fingerprint density at radius 3 is 2.20 bits per heavy atom. The van der Waals surface area contributed by atoms with E-state index in [9.17, 15) is 37.4 Å². The van der Waals surface area contributed by atoms with Gasteiger partial charge in [-0.3, -0.25) is 9.47 Å². The molecule has 1 aromatic heterocycles. The maximum absolute atomic E-state index is 14.7. The Hall–Kier alpha value is -3.40. The van der Waals surface area contributed by atoms with E-state index in [1.165, 1.54) is 6.92 Å². The SMILES string of the molecule is CCc1c(C(=O)O)c(=O)c2c(F)c(F)c(F)c(F)c2n1N[C@@H](CO)c1ccccc1. The van der Waals surface area contributed by atoms with Crippen LogP contribution in [0.4, 0.5) is 17.6 Å². The number of halogens is 4. The van der Waals surface area contributed by atoms with Gasteiger partial charge in [-0.2, -0.15) is 0 Å². The Balaban J connectivity index is 2.46. The molecule has 158 valence electrons. The number of carboxylic acids is 1. The first-order chi connectivity index (χ1) is 14.2. The van der Waals surface area contributed by atoms with Crippen LogP contribution < -0.4 is 10.9 Å². The van der Waals surface area contributed by atoms with Crippen molar-refractivity contribution in [3.63, 3.8) is 0 Å². The van der Waals surface area contributed by atoms with Gasteiger partial charge in [0, 0.05) is 0 Å². The number of aromatic carboxylic acids is 1. The zero-order chi connectivity index (χ0) is 22.2. The molecule has 3 aromatic rings. The van der Waals surface area contributed by atoms with E-state index in [0.717, 1.165) is 0 Å². The topological polar surface area (TPSA) is 91.6 Å². The number of carbonyl (C=O) groups is 1. The number of aliphatic hydroxyl groups excluding tert-OH is 1. The number of hydrogen-bond donors (Lipinski definition) is 3. The van der Waals surface area contributed by atoms with Crippen molar-refractivity contribution in [3.8, 4) is 0 Å². The van der Waals surface area contributed by atoms with Crippen LogP contribution in [-0.2, 0) is 6.42 Å². The smallest absolute Gasteiger partial charge is 0.341 e. The van der Waals surface area contributed by atoms with Gasteiger partial charge in [-0.25, -0.2) is 22.4 Å². The van der Waals surface area contributed by atoms with Crippen LogP contribution in [0.5, 0.6) is 0 Å². The first-order valence-electron chi connectivity index (χ1n) is 8.83. The number of nitrogens with one attached hydrogen (secondary N) is 1. The van der Waals surface area contributed by atoms with Gasteiger partial charge in [0.2, 0.25) is 5.43 Å². The minimum atomic E-state index is -2.23. The van der Waals surface area contributed by atoms with Gasteiger partial charge in [-0.05, 0) is 12.0 Å². The lowest BCUT2D eigenvalue weighted by Crippen LogP contribution is -2.33. The number of hydrogen-bond acceptors (Lipinski definition) is 4. The van der Waals surface area contributed by atoms with E-state index >= 15 is 0 Å². The van der Waals surface area contributed by atoms with Gasteiger partial charge in [0.15, 0.2) is 23.3 Å². The van der Waals surface area contributed by atoms with Crippen LogP contribution in [0.15, 0.2) is 35.1 Å². The average Bonchev–Trinajstić information content (AvgIpc) is 2.74. The van der Waals surface area contributed by atoms with Crippen molar-refractivity contribution < 1.29 is 32.6 Å². The molecule has 0 bridgehead atoms. The second-order valence-corrected chi connectivity index (χ2v) is 6.40. The fourth-order valence-corrected chi connectivity index (χ4v) is 3.30. The molecule has 0 spiro atoms. The lowest BCUT2D eigenvalue weighted by atomic mass is 10.0. The number of fused-ring (bicyclic) bond motifs is 1. The van der Waals surface area contributed by atoms with Crippen LogP contribution >= 0.6 is 0 Å². The van der Waals surface area contributed by atoms with Crippen molar-refractivity contribution in [3.05, 3.63) is 80.6 Å². The Kier molecular flexibility index (Phi) is 5.79. The Bertz CT molecular complexity index is 1200. The number of carboxylic acid groups (broad SMARTS) is 1. The number of nitrogens with zero attached hydrogens (tertiary/aromatic N) is 1. The van der Waals surface area contributed by atoms with Crippen LogP contribution in [0.1, 0.15) is 34.6 Å². The van der Waals surface area contributed by atoms with E-state index in [2.05, 4.69) is 5.43 Å². The molecule has 0 fully saturated rings. The molecule has 0 saturated heterocycles. The lowest BCUT2D eigenvalue weighted by molar-refractivity contribution is 0.0693. The zero-order valence-corrected chi connectivity index (χ0v) is 15.5. The Labute approximate surface area is 167 Å². The third-order valence-electron chi connectivity index (χ3n) is 4.70. The van der Waals surface area contributed by atoms with Gasteiger partial charge in [-0.1, -0.05) is 37.3 Å². The molecule has 0 aliphatic carbocycles. The highest BCUT2D eigenvalue weighted by molar-refractivity contribution is 5.94. The molecule has 0 radical (unpaired) electrons. The van der Waals surface area contributed by atoms with Gasteiger partial charge >= 0.3 is 5.97 Å². The number of benzene rings is 2. The average molecular weight is 424 g/mol. The van der Waals surface area contributed by atoms with E-state index < -0.39 is 63.8 Å². The first kappa shape index (κ1) is 21.3. The summed E-state index contributed by atoms with van der Waals surface area (Å²) >= 11 is 0. The molecule has 2 aromatic carbocycles. The minimum Gasteiger partial charge on any atom is -0.477 e. The summed E-state index contributed by atoms with van der Waals surface area (Å²) in [7, 11) is 0. The second-order valence-electron chi connectivity index (χ2n) is 6.40. The van der Waals surface area contributed by atoms with Crippen LogP contribution in [0, 0.1) is 23.3 Å². The van der Waals surface area contributed by atoms with Gasteiger partial charge < -0.3 is 15.6 Å². The monoisotopic (exact) mass is 424 g/mol. The van der Waals surface area contributed by atoms with E-state index in [0.29, 0.717) is 10.2 Å². The molecular weight excluding hydrogens is 408 g/mol. The molecule has 1 heterocycles. The minimum absolute atomic E-state index is 0.160.